The number of benzene rings is 2. The third kappa shape index (κ3) is 4.12. The summed E-state index contributed by atoms with van der Waals surface area (Å²) in [5.41, 5.74) is 3.07. The van der Waals surface area contributed by atoms with Crippen molar-refractivity contribution in [2.45, 2.75) is 19.9 Å². The van der Waals surface area contributed by atoms with Gasteiger partial charge in [-0.05, 0) is 43.2 Å². The minimum Gasteiger partial charge on any atom is -0.454 e. The van der Waals surface area contributed by atoms with Crippen molar-refractivity contribution in [3.8, 4) is 11.5 Å². The van der Waals surface area contributed by atoms with Gasteiger partial charge in [0.05, 0.1) is 0 Å². The molecular weight excluding hydrogens is 408 g/mol. The van der Waals surface area contributed by atoms with E-state index >= 15 is 0 Å². The number of fused-ring (bicyclic) bond motifs is 1. The van der Waals surface area contributed by atoms with Crippen molar-refractivity contribution in [3.05, 3.63) is 57.6 Å². The van der Waals surface area contributed by atoms with E-state index in [0.29, 0.717) is 0 Å². The van der Waals surface area contributed by atoms with Crippen LogP contribution in [-0.4, -0.2) is 48.7 Å². The van der Waals surface area contributed by atoms with Crippen molar-refractivity contribution in [2.24, 2.45) is 0 Å². The van der Waals surface area contributed by atoms with E-state index in [4.69, 9.17) is 9.47 Å². The van der Waals surface area contributed by atoms with Crippen molar-refractivity contribution >= 4 is 21.8 Å². The normalized spacial score (nSPS) is 17.0. The number of hydrogen-bond donors (Lipinski definition) is 0. The fourth-order valence-corrected chi connectivity index (χ4v) is 4.06. The van der Waals surface area contributed by atoms with Crippen LogP contribution in [0, 0.1) is 6.92 Å². The van der Waals surface area contributed by atoms with E-state index in [1.807, 2.05) is 48.2 Å². The molecule has 1 fully saturated rings. The van der Waals surface area contributed by atoms with Gasteiger partial charge in [0.1, 0.15) is 0 Å². The zero-order chi connectivity index (χ0) is 18.8. The molecule has 142 valence electrons. The number of ether oxygens (including phenoxy) is 2. The number of carbonyl (C=O) groups is 1. The second kappa shape index (κ2) is 7.90. The van der Waals surface area contributed by atoms with Gasteiger partial charge < -0.3 is 14.4 Å². The monoisotopic (exact) mass is 430 g/mol. The minimum absolute atomic E-state index is 0.129. The van der Waals surface area contributed by atoms with Crippen molar-refractivity contribution in [2.75, 3.05) is 33.0 Å². The van der Waals surface area contributed by atoms with Crippen LogP contribution in [0.5, 0.6) is 11.5 Å². The zero-order valence-corrected chi connectivity index (χ0v) is 17.0. The van der Waals surface area contributed by atoms with Crippen molar-refractivity contribution in [1.82, 2.24) is 9.80 Å². The number of hydrogen-bond acceptors (Lipinski definition) is 4. The van der Waals surface area contributed by atoms with Gasteiger partial charge in [-0.15, -0.1) is 0 Å². The molecule has 5 nitrogen and oxygen atoms in total. The maximum atomic E-state index is 12.8. The van der Waals surface area contributed by atoms with E-state index in [0.717, 1.165) is 66.2 Å². The van der Waals surface area contributed by atoms with E-state index in [2.05, 4.69) is 20.8 Å². The lowest BCUT2D eigenvalue weighted by atomic mass is 10.1. The summed E-state index contributed by atoms with van der Waals surface area (Å²) in [7, 11) is 0. The molecule has 2 aliphatic heterocycles. The first-order valence-corrected chi connectivity index (χ1v) is 10.1. The molecule has 1 saturated heterocycles. The molecule has 0 atom stereocenters. The summed E-state index contributed by atoms with van der Waals surface area (Å²) in [5, 5.41) is 0. The van der Waals surface area contributed by atoms with Crippen molar-refractivity contribution < 1.29 is 14.3 Å². The maximum absolute atomic E-state index is 12.8. The average molecular weight is 431 g/mol. The highest BCUT2D eigenvalue weighted by atomic mass is 79.9. The summed E-state index contributed by atoms with van der Waals surface area (Å²) in [5.74, 6) is 1.72. The first-order valence-electron chi connectivity index (χ1n) is 9.26. The van der Waals surface area contributed by atoms with E-state index < -0.39 is 0 Å². The van der Waals surface area contributed by atoms with E-state index in [-0.39, 0.29) is 12.7 Å². The Morgan fingerprint density at radius 2 is 1.89 bits per heavy atom. The number of carbonyl (C=O) groups excluding carboxylic acids is 1. The molecule has 0 unspecified atom stereocenters. The zero-order valence-electron chi connectivity index (χ0n) is 15.4. The summed E-state index contributed by atoms with van der Waals surface area (Å²) >= 11 is 3.64. The summed E-state index contributed by atoms with van der Waals surface area (Å²) in [6.07, 6.45) is 0.972. The van der Waals surface area contributed by atoms with Gasteiger partial charge in [-0.25, -0.2) is 0 Å². The SMILES string of the molecule is Cc1cccc(C(=O)N2CCCN(Cc3cc4c(cc3Br)OCO4)CC2)c1. The van der Waals surface area contributed by atoms with Gasteiger partial charge in [-0.3, -0.25) is 9.69 Å². The summed E-state index contributed by atoms with van der Waals surface area (Å²) < 4.78 is 12.0. The predicted molar refractivity (Wildman–Crippen MR) is 107 cm³/mol. The number of rotatable bonds is 3. The fourth-order valence-electron chi connectivity index (χ4n) is 3.61. The molecule has 0 radical (unpaired) electrons. The largest absolute Gasteiger partial charge is 0.454 e. The molecule has 0 aliphatic carbocycles. The predicted octanol–water partition coefficient (Wildman–Crippen LogP) is 3.83. The highest BCUT2D eigenvalue weighted by molar-refractivity contribution is 9.10. The number of aryl methyl sites for hydroxylation is 1. The summed E-state index contributed by atoms with van der Waals surface area (Å²) in [6.45, 7) is 6.50. The second-order valence-corrected chi connectivity index (χ2v) is 7.94. The Morgan fingerprint density at radius 1 is 1.07 bits per heavy atom. The van der Waals surface area contributed by atoms with Gasteiger partial charge in [-0.2, -0.15) is 0 Å². The standard InChI is InChI=1S/C21H23BrN2O3/c1-15-4-2-5-16(10-15)21(25)24-7-3-6-23(8-9-24)13-17-11-19-20(12-18(17)22)27-14-26-19/h2,4-5,10-12H,3,6-9,13-14H2,1H3. The van der Waals surface area contributed by atoms with E-state index in [1.165, 1.54) is 5.56 Å². The minimum atomic E-state index is 0.129. The number of nitrogens with zero attached hydrogens (tertiary/aromatic N) is 2. The number of halogens is 1. The first kappa shape index (κ1) is 18.3. The van der Waals surface area contributed by atoms with Crippen LogP contribution in [0.25, 0.3) is 0 Å². The molecule has 4 rings (SSSR count). The Hall–Kier alpha value is -2.05. The lowest BCUT2D eigenvalue weighted by Crippen LogP contribution is -2.35. The van der Waals surface area contributed by atoms with Gasteiger partial charge in [0.15, 0.2) is 11.5 Å². The van der Waals surface area contributed by atoms with Crippen LogP contribution in [0.1, 0.15) is 27.9 Å². The molecule has 1 amide bonds. The van der Waals surface area contributed by atoms with Gasteiger partial charge >= 0.3 is 0 Å². The van der Waals surface area contributed by atoms with Crippen molar-refractivity contribution in [1.29, 1.82) is 0 Å². The van der Waals surface area contributed by atoms with Crippen LogP contribution in [0.2, 0.25) is 0 Å². The van der Waals surface area contributed by atoms with Gasteiger partial charge in [0, 0.05) is 42.8 Å². The third-order valence-corrected chi connectivity index (χ3v) is 5.81. The molecule has 0 spiro atoms. The van der Waals surface area contributed by atoms with Crippen LogP contribution in [0.15, 0.2) is 40.9 Å². The molecule has 0 bridgehead atoms. The smallest absolute Gasteiger partial charge is 0.253 e. The fraction of sp³-hybridized carbons (Fsp3) is 0.381. The summed E-state index contributed by atoms with van der Waals surface area (Å²) in [6, 6.07) is 11.9. The van der Waals surface area contributed by atoms with Gasteiger partial charge in [-0.1, -0.05) is 33.6 Å². The topological polar surface area (TPSA) is 42.0 Å². The Labute approximate surface area is 168 Å². The molecule has 27 heavy (non-hydrogen) atoms. The lowest BCUT2D eigenvalue weighted by molar-refractivity contribution is 0.0761. The maximum Gasteiger partial charge on any atom is 0.253 e. The van der Waals surface area contributed by atoms with Crippen LogP contribution >= 0.6 is 15.9 Å². The Bertz CT molecular complexity index is 855. The molecule has 6 heteroatoms. The number of amides is 1. The van der Waals surface area contributed by atoms with Crippen LogP contribution in [0.3, 0.4) is 0 Å². The highest BCUT2D eigenvalue weighted by Gasteiger charge is 2.22. The Kier molecular flexibility index (Phi) is 5.36. The Balaban J connectivity index is 1.41. The van der Waals surface area contributed by atoms with Crippen LogP contribution in [-0.2, 0) is 6.54 Å². The summed E-state index contributed by atoms with van der Waals surface area (Å²) in [4.78, 5) is 17.2. The second-order valence-electron chi connectivity index (χ2n) is 7.09. The lowest BCUT2D eigenvalue weighted by Gasteiger charge is -2.22. The molecule has 0 aromatic heterocycles. The van der Waals surface area contributed by atoms with E-state index in [1.54, 1.807) is 0 Å². The first-order chi connectivity index (χ1) is 13.1. The molecule has 0 saturated carbocycles. The molecule has 2 heterocycles. The van der Waals surface area contributed by atoms with Gasteiger partial charge in [0.2, 0.25) is 6.79 Å². The van der Waals surface area contributed by atoms with Crippen LogP contribution in [0.4, 0.5) is 0 Å². The highest BCUT2D eigenvalue weighted by Crippen LogP contribution is 2.37. The quantitative estimate of drug-likeness (QED) is 0.741. The van der Waals surface area contributed by atoms with Crippen molar-refractivity contribution in [3.63, 3.8) is 0 Å². The molecular formula is C21H23BrN2O3. The van der Waals surface area contributed by atoms with Gasteiger partial charge in [0.25, 0.3) is 5.91 Å². The molecule has 2 aromatic rings. The van der Waals surface area contributed by atoms with Crippen LogP contribution < -0.4 is 9.47 Å². The van der Waals surface area contributed by atoms with E-state index in [9.17, 15) is 4.79 Å². The molecule has 2 aromatic carbocycles. The Morgan fingerprint density at radius 3 is 2.70 bits per heavy atom. The average Bonchev–Trinajstić information content (AvgIpc) is 2.97. The molecule has 0 N–H and O–H groups in total. The third-order valence-electron chi connectivity index (χ3n) is 5.08. The molecule has 2 aliphatic rings.